The monoisotopic (exact) mass is 247 g/mol. The molecule has 0 aliphatic rings. The lowest BCUT2D eigenvalue weighted by Gasteiger charge is -1.98. The van der Waals surface area contributed by atoms with Crippen molar-refractivity contribution < 1.29 is 14.4 Å². The summed E-state index contributed by atoms with van der Waals surface area (Å²) in [5, 5.41) is 5.88. The maximum Gasteiger partial charge on any atom is 0.394 e. The van der Waals surface area contributed by atoms with Crippen LogP contribution in [0.15, 0.2) is 29.5 Å². The highest BCUT2D eigenvalue weighted by Gasteiger charge is 2.05. The summed E-state index contributed by atoms with van der Waals surface area (Å²) < 4.78 is 0. The third-order valence-electron chi connectivity index (χ3n) is 1.68. The molecule has 1 heterocycles. The Labute approximate surface area is 102 Å². The predicted molar refractivity (Wildman–Crippen MR) is 62.0 cm³/mol. The Morgan fingerprint density at radius 1 is 1.50 bits per heavy atom. The fourth-order valence-corrected chi connectivity index (χ4v) is 0.934. The molecular formula is C10H11N6O2+. The van der Waals surface area contributed by atoms with E-state index in [4.69, 9.17) is 5.53 Å². The minimum atomic E-state index is -0.617. The highest BCUT2D eigenvalue weighted by molar-refractivity contribution is 6.24. The summed E-state index contributed by atoms with van der Waals surface area (Å²) in [6.07, 6.45) is 3.74. The maximum atomic E-state index is 11.2. The van der Waals surface area contributed by atoms with Crippen molar-refractivity contribution >= 4 is 24.2 Å². The van der Waals surface area contributed by atoms with Gasteiger partial charge in [-0.05, 0) is 12.1 Å². The number of hydrazone groups is 1. The van der Waals surface area contributed by atoms with E-state index in [9.17, 15) is 9.59 Å². The number of carbonyl (C=O) groups excluding carboxylic acids is 2. The molecule has 0 aromatic carbocycles. The Kier molecular flexibility index (Phi) is 5.44. The largest absolute Gasteiger partial charge is 0.394 e. The summed E-state index contributed by atoms with van der Waals surface area (Å²) in [5.74, 6) is -1.11. The van der Waals surface area contributed by atoms with Crippen LogP contribution in [0.1, 0.15) is 5.69 Å². The summed E-state index contributed by atoms with van der Waals surface area (Å²) in [5.41, 5.74) is 9.22. The van der Waals surface area contributed by atoms with Crippen LogP contribution in [-0.2, 0) is 9.59 Å². The summed E-state index contributed by atoms with van der Waals surface area (Å²) in [7, 11) is 0. The molecule has 1 rings (SSSR count). The number of nitrogens with zero attached hydrogens (tertiary/aromatic N) is 3. The number of nitrogens with one attached hydrogen (secondary N) is 3. The van der Waals surface area contributed by atoms with Crippen LogP contribution in [-0.4, -0.2) is 40.6 Å². The van der Waals surface area contributed by atoms with E-state index in [1.807, 2.05) is 0 Å². The first-order chi connectivity index (χ1) is 8.72. The number of hydrogen-bond donors (Lipinski definition) is 3. The van der Waals surface area contributed by atoms with E-state index in [0.717, 1.165) is 6.21 Å². The highest BCUT2D eigenvalue weighted by atomic mass is 16.2. The van der Waals surface area contributed by atoms with E-state index in [2.05, 4.69) is 25.6 Å². The van der Waals surface area contributed by atoms with Gasteiger partial charge in [-0.25, -0.2) is 5.43 Å². The van der Waals surface area contributed by atoms with Crippen LogP contribution in [0.2, 0.25) is 0 Å². The van der Waals surface area contributed by atoms with Gasteiger partial charge in [-0.3, -0.25) is 14.6 Å². The van der Waals surface area contributed by atoms with Gasteiger partial charge >= 0.3 is 12.1 Å². The SMILES string of the molecule is N=[N+]=CC(=O)NCC(=O)N/N=C/c1ccccn1. The van der Waals surface area contributed by atoms with Crippen LogP contribution >= 0.6 is 0 Å². The van der Waals surface area contributed by atoms with Crippen LogP contribution in [0.4, 0.5) is 0 Å². The van der Waals surface area contributed by atoms with E-state index in [1.165, 1.54) is 6.21 Å². The van der Waals surface area contributed by atoms with Crippen LogP contribution in [0.25, 0.3) is 0 Å². The fraction of sp³-hybridized carbons (Fsp3) is 0.100. The lowest BCUT2D eigenvalue weighted by atomic mass is 10.4. The highest BCUT2D eigenvalue weighted by Crippen LogP contribution is 1.87. The van der Waals surface area contributed by atoms with Crippen molar-refractivity contribution in [3.05, 3.63) is 30.1 Å². The summed E-state index contributed by atoms with van der Waals surface area (Å²) >= 11 is 0. The summed E-state index contributed by atoms with van der Waals surface area (Å²) in [4.78, 5) is 28.7. The van der Waals surface area contributed by atoms with Crippen LogP contribution in [0.3, 0.4) is 0 Å². The third-order valence-corrected chi connectivity index (χ3v) is 1.68. The molecule has 0 saturated carbocycles. The minimum absolute atomic E-state index is 0.246. The van der Waals surface area contributed by atoms with Gasteiger partial charge in [0.25, 0.3) is 5.91 Å². The molecule has 8 heteroatoms. The Balaban J connectivity index is 2.31. The first kappa shape index (κ1) is 13.2. The van der Waals surface area contributed by atoms with Crippen molar-refractivity contribution in [1.29, 1.82) is 5.53 Å². The third kappa shape index (κ3) is 5.29. The molecule has 92 valence electrons. The van der Waals surface area contributed by atoms with Crippen molar-refractivity contribution in [2.75, 3.05) is 6.54 Å². The number of carbonyl (C=O) groups is 2. The Hall–Kier alpha value is -2.86. The van der Waals surface area contributed by atoms with Gasteiger partial charge in [0.05, 0.1) is 28.8 Å². The molecule has 0 unspecified atom stereocenters. The van der Waals surface area contributed by atoms with Gasteiger partial charge in [-0.2, -0.15) is 5.10 Å². The fourth-order valence-electron chi connectivity index (χ4n) is 0.934. The number of aromatic nitrogens is 1. The standard InChI is InChI=1S/C10H10N6O2/c11-14-7-9(17)13-6-10(18)16-15-5-8-3-1-2-4-12-8/h1-5,7,11H,6H2,(H-,12,13,16,17,18)/p+1. The number of rotatable bonds is 5. The van der Waals surface area contributed by atoms with Crippen molar-refractivity contribution in [2.45, 2.75) is 0 Å². The molecule has 2 amide bonds. The first-order valence-corrected chi connectivity index (χ1v) is 4.93. The first-order valence-electron chi connectivity index (χ1n) is 4.93. The number of hydrogen-bond acceptors (Lipinski definition) is 5. The lowest BCUT2D eigenvalue weighted by Crippen LogP contribution is -2.35. The van der Waals surface area contributed by atoms with Crippen molar-refractivity contribution in [2.24, 2.45) is 5.10 Å². The molecule has 18 heavy (non-hydrogen) atoms. The molecule has 0 aliphatic carbocycles. The van der Waals surface area contributed by atoms with Crippen molar-refractivity contribution in [3.8, 4) is 0 Å². The molecule has 0 spiro atoms. The molecule has 0 atom stereocenters. The summed E-state index contributed by atoms with van der Waals surface area (Å²) in [6, 6.07) is 5.28. The molecule has 3 N–H and O–H groups in total. The quantitative estimate of drug-likeness (QED) is 0.266. The molecule has 8 nitrogen and oxygen atoms in total. The van der Waals surface area contributed by atoms with Gasteiger partial charge < -0.3 is 5.32 Å². The van der Waals surface area contributed by atoms with E-state index in [-0.39, 0.29) is 6.54 Å². The van der Waals surface area contributed by atoms with Crippen LogP contribution in [0.5, 0.6) is 0 Å². The Bertz CT molecular complexity index is 492. The van der Waals surface area contributed by atoms with E-state index < -0.39 is 11.8 Å². The molecule has 0 radical (unpaired) electrons. The Morgan fingerprint density at radius 3 is 3.00 bits per heavy atom. The Morgan fingerprint density at radius 2 is 2.33 bits per heavy atom. The average molecular weight is 247 g/mol. The van der Waals surface area contributed by atoms with Gasteiger partial charge in [0.15, 0.2) is 0 Å². The van der Waals surface area contributed by atoms with E-state index in [0.29, 0.717) is 5.69 Å². The summed E-state index contributed by atoms with van der Waals surface area (Å²) in [6.45, 7) is -0.246. The molecule has 0 aliphatic heterocycles. The van der Waals surface area contributed by atoms with Crippen LogP contribution < -0.4 is 10.7 Å². The molecule has 1 aromatic rings. The average Bonchev–Trinajstić information content (AvgIpc) is 2.38. The smallest absolute Gasteiger partial charge is 0.337 e. The van der Waals surface area contributed by atoms with E-state index in [1.54, 1.807) is 24.4 Å². The van der Waals surface area contributed by atoms with Crippen molar-refractivity contribution in [1.82, 2.24) is 15.7 Å². The second-order valence-corrected chi connectivity index (χ2v) is 3.02. The van der Waals surface area contributed by atoms with Crippen molar-refractivity contribution in [3.63, 3.8) is 0 Å². The molecule has 0 bridgehead atoms. The molecule has 0 fully saturated rings. The normalized spacial score (nSPS) is 9.56. The second kappa shape index (κ2) is 7.42. The lowest BCUT2D eigenvalue weighted by molar-refractivity contribution is -0.133. The molecule has 0 saturated heterocycles. The zero-order valence-corrected chi connectivity index (χ0v) is 9.33. The van der Waals surface area contributed by atoms with Gasteiger partial charge in [-0.15, -0.1) is 0 Å². The number of amides is 2. The topological polar surface area (TPSA) is 121 Å². The van der Waals surface area contributed by atoms with Gasteiger partial charge in [-0.1, -0.05) is 6.07 Å². The van der Waals surface area contributed by atoms with Gasteiger partial charge in [0, 0.05) is 6.20 Å². The number of pyridine rings is 1. The zero-order valence-electron chi connectivity index (χ0n) is 9.33. The molecular weight excluding hydrogens is 236 g/mol. The minimum Gasteiger partial charge on any atom is -0.337 e. The van der Waals surface area contributed by atoms with Gasteiger partial charge in [0.1, 0.15) is 0 Å². The zero-order chi connectivity index (χ0) is 13.2. The molecule has 1 aromatic heterocycles. The maximum absolute atomic E-state index is 11.2. The second-order valence-electron chi connectivity index (χ2n) is 3.02. The van der Waals surface area contributed by atoms with Gasteiger partial charge in [0.2, 0.25) is 0 Å². The van der Waals surface area contributed by atoms with Crippen LogP contribution in [0, 0.1) is 5.53 Å². The predicted octanol–water partition coefficient (Wildman–Crippen LogP) is -1.04. The van der Waals surface area contributed by atoms with E-state index >= 15 is 0 Å².